The number of benzene rings is 3. The van der Waals surface area contributed by atoms with E-state index in [9.17, 15) is 23.1 Å². The van der Waals surface area contributed by atoms with E-state index in [1.807, 2.05) is 55.6 Å². The third-order valence-corrected chi connectivity index (χ3v) is 13.1. The van der Waals surface area contributed by atoms with Crippen LogP contribution in [0.5, 0.6) is 5.75 Å². The second-order valence-corrected chi connectivity index (χ2v) is 21.0. The Kier molecular flexibility index (Phi) is 12.1. The molecule has 1 atom stereocenters. The number of hydrogen-bond acceptors (Lipinski definition) is 6. The van der Waals surface area contributed by atoms with E-state index in [0.29, 0.717) is 32.4 Å². The van der Waals surface area contributed by atoms with E-state index in [1.54, 1.807) is 6.07 Å². The van der Waals surface area contributed by atoms with Gasteiger partial charge in [0.2, 0.25) is 15.9 Å². The molecule has 8 nitrogen and oxygen atoms in total. The van der Waals surface area contributed by atoms with Crippen molar-refractivity contribution in [2.45, 2.75) is 83.1 Å². The molecule has 0 heterocycles. The quantitative estimate of drug-likeness (QED) is 0.0909. The molecule has 3 aromatic carbocycles. The summed E-state index contributed by atoms with van der Waals surface area (Å²) in [4.78, 5) is 23.7. The summed E-state index contributed by atoms with van der Waals surface area (Å²) in [5, 5.41) is 16.7. The number of hydrogen-bond donors (Lipinski definition) is 5. The molecule has 5 N–H and O–H groups in total. The van der Waals surface area contributed by atoms with Crippen molar-refractivity contribution in [1.29, 1.82) is 0 Å². The van der Waals surface area contributed by atoms with Crippen molar-refractivity contribution < 1.29 is 23.1 Å². The monoisotopic (exact) mass is 717 g/mol. The molecule has 0 aliphatic rings. The number of amides is 1. The molecule has 0 saturated carbocycles. The molecule has 0 unspecified atom stereocenters. The normalized spacial score (nSPS) is 13.4. The zero-order valence-corrected chi connectivity index (χ0v) is 30.8. The average molecular weight is 719 g/mol. The highest BCUT2D eigenvalue weighted by molar-refractivity contribution is 9.10. The van der Waals surface area contributed by atoms with Crippen molar-refractivity contribution >= 4 is 45.9 Å². The van der Waals surface area contributed by atoms with Crippen molar-refractivity contribution in [2.24, 2.45) is 0 Å². The summed E-state index contributed by atoms with van der Waals surface area (Å²) in [6, 6.07) is 21.0. The number of phenols is 1. The molecule has 11 heteroatoms. The molecule has 0 aliphatic carbocycles. The van der Waals surface area contributed by atoms with Gasteiger partial charge in [-0.2, -0.15) is 0 Å². The van der Waals surface area contributed by atoms with Crippen LogP contribution in [0.3, 0.4) is 0 Å². The maximum absolute atomic E-state index is 12.7. The number of phenolic OH excluding ortho intramolecular Hbond substituents is 1. The molecule has 3 aromatic rings. The van der Waals surface area contributed by atoms with E-state index < -0.39 is 18.3 Å². The summed E-state index contributed by atoms with van der Waals surface area (Å²) in [7, 11) is -6.13. The summed E-state index contributed by atoms with van der Waals surface area (Å²) < 4.78 is 27.3. The first-order valence-corrected chi connectivity index (χ1v) is 20.7. The van der Waals surface area contributed by atoms with Crippen LogP contribution in [-0.2, 0) is 34.2 Å². The summed E-state index contributed by atoms with van der Waals surface area (Å²) in [6.07, 6.45) is 2.73. The van der Waals surface area contributed by atoms with Crippen LogP contribution in [0.1, 0.15) is 62.3 Å². The van der Waals surface area contributed by atoms with Crippen LogP contribution in [0.25, 0.3) is 0 Å². The predicted octanol–water partition coefficient (Wildman–Crippen LogP) is 6.45. The highest BCUT2D eigenvalue weighted by Gasteiger charge is 2.40. The maximum Gasteiger partial charge on any atom is 0.229 e. The molecule has 0 aliphatic heterocycles. The Hall–Kier alpha value is -2.70. The van der Waals surface area contributed by atoms with Crippen LogP contribution >= 0.6 is 15.9 Å². The lowest BCUT2D eigenvalue weighted by Gasteiger charge is -2.39. The SMILES string of the molecule is CC(C)(Cc1cccc(CC(=O)NCc2ccc(Br)cc2)c1)NC[C@H](CC(C)(C)[Si](C)(C)O)c1ccc(O)c(NS(C)(=O)=O)c1. The minimum atomic E-state index is -3.58. The number of anilines is 1. The van der Waals surface area contributed by atoms with Crippen molar-refractivity contribution in [1.82, 2.24) is 10.6 Å². The van der Waals surface area contributed by atoms with Gasteiger partial charge >= 0.3 is 0 Å². The third kappa shape index (κ3) is 11.9. The van der Waals surface area contributed by atoms with E-state index in [1.165, 1.54) is 6.07 Å². The largest absolute Gasteiger partial charge is 0.506 e. The number of halogens is 1. The summed E-state index contributed by atoms with van der Waals surface area (Å²) in [6.45, 7) is 13.3. The predicted molar refractivity (Wildman–Crippen MR) is 190 cm³/mol. The second-order valence-electron chi connectivity index (χ2n) is 13.8. The lowest BCUT2D eigenvalue weighted by Crippen LogP contribution is -2.45. The molecule has 0 fully saturated rings. The van der Waals surface area contributed by atoms with Gasteiger partial charge in [0.1, 0.15) is 5.75 Å². The van der Waals surface area contributed by atoms with Gasteiger partial charge in [0.05, 0.1) is 18.4 Å². The van der Waals surface area contributed by atoms with Crippen LogP contribution in [0.15, 0.2) is 71.2 Å². The molecule has 0 saturated heterocycles. The Labute approximate surface area is 278 Å². The Morgan fingerprint density at radius 3 is 2.22 bits per heavy atom. The van der Waals surface area contributed by atoms with E-state index in [2.05, 4.69) is 71.1 Å². The lowest BCUT2D eigenvalue weighted by atomic mass is 9.87. The minimum Gasteiger partial charge on any atom is -0.506 e. The smallest absolute Gasteiger partial charge is 0.229 e. The van der Waals surface area contributed by atoms with E-state index >= 15 is 0 Å². The molecule has 3 rings (SSSR count). The van der Waals surface area contributed by atoms with Gasteiger partial charge in [-0.1, -0.05) is 72.2 Å². The van der Waals surface area contributed by atoms with Crippen LogP contribution in [0.4, 0.5) is 5.69 Å². The number of nitrogens with one attached hydrogen (secondary N) is 3. The Morgan fingerprint density at radius 2 is 1.60 bits per heavy atom. The van der Waals surface area contributed by atoms with Gasteiger partial charge in [0.25, 0.3) is 0 Å². The van der Waals surface area contributed by atoms with Gasteiger partial charge in [-0.15, -0.1) is 0 Å². The van der Waals surface area contributed by atoms with E-state index in [0.717, 1.165) is 33.0 Å². The van der Waals surface area contributed by atoms with Crippen molar-refractivity contribution in [2.75, 3.05) is 17.5 Å². The standard InChI is InChI=1S/C34H48BrN3O5SSi/c1-33(2,20-26-10-8-9-25(17-26)18-32(40)36-22-24-11-14-29(35)15-12-24)37-23-28(21-34(3,4)45(6,7)43)27-13-16-31(39)30(19-27)38-44(5,41)42/h8-17,19,28,37-39,43H,18,20-23H2,1-7H3,(H,36,40)/t28-/m0/s1. The first-order valence-electron chi connectivity index (χ1n) is 15.1. The number of carbonyl (C=O) groups is 1. The fourth-order valence-electron chi connectivity index (χ4n) is 5.14. The first kappa shape index (κ1) is 36.8. The number of aromatic hydroxyl groups is 1. The molecule has 0 spiro atoms. The summed E-state index contributed by atoms with van der Waals surface area (Å²) >= 11 is 3.43. The summed E-state index contributed by atoms with van der Waals surface area (Å²) in [5.74, 6) is -0.249. The molecule has 0 radical (unpaired) electrons. The zero-order valence-electron chi connectivity index (χ0n) is 27.4. The second kappa shape index (κ2) is 14.8. The zero-order chi connectivity index (χ0) is 33.6. The Morgan fingerprint density at radius 1 is 0.956 bits per heavy atom. The van der Waals surface area contributed by atoms with Crippen LogP contribution < -0.4 is 15.4 Å². The number of carbonyl (C=O) groups excluding carboxylic acids is 1. The molecular formula is C34H48BrN3O5SSi. The molecule has 246 valence electrons. The first-order chi connectivity index (χ1) is 20.7. The van der Waals surface area contributed by atoms with Crippen molar-refractivity contribution in [3.63, 3.8) is 0 Å². The maximum atomic E-state index is 12.7. The van der Waals surface area contributed by atoms with E-state index in [-0.39, 0.29) is 33.8 Å². The van der Waals surface area contributed by atoms with Crippen molar-refractivity contribution in [3.8, 4) is 5.75 Å². The van der Waals surface area contributed by atoms with Crippen LogP contribution in [0.2, 0.25) is 18.1 Å². The third-order valence-electron chi connectivity index (χ3n) is 8.43. The minimum absolute atomic E-state index is 0.0353. The molecule has 0 bridgehead atoms. The highest BCUT2D eigenvalue weighted by Crippen LogP contribution is 2.45. The average Bonchev–Trinajstić information content (AvgIpc) is 2.90. The topological polar surface area (TPSA) is 128 Å². The lowest BCUT2D eigenvalue weighted by molar-refractivity contribution is -0.120. The van der Waals surface area contributed by atoms with Gasteiger partial charge in [0, 0.05) is 23.1 Å². The van der Waals surface area contributed by atoms with E-state index in [4.69, 9.17) is 0 Å². The number of rotatable bonds is 15. The van der Waals surface area contributed by atoms with Crippen molar-refractivity contribution in [3.05, 3.63) is 93.5 Å². The molecular weight excluding hydrogens is 670 g/mol. The van der Waals surface area contributed by atoms with Gasteiger partial charge in [-0.05, 0) is 97.3 Å². The highest BCUT2D eigenvalue weighted by atomic mass is 79.9. The number of sulfonamides is 1. The Balaban J connectivity index is 1.72. The van der Waals surface area contributed by atoms with Gasteiger partial charge in [0.15, 0.2) is 8.32 Å². The molecule has 0 aromatic heterocycles. The van der Waals surface area contributed by atoms with Gasteiger partial charge in [-0.25, -0.2) is 8.42 Å². The fraction of sp³-hybridized carbons (Fsp3) is 0.441. The van der Waals surface area contributed by atoms with Gasteiger partial charge in [-0.3, -0.25) is 9.52 Å². The summed E-state index contributed by atoms with van der Waals surface area (Å²) in [5.41, 5.74) is 3.77. The van der Waals surface area contributed by atoms with Gasteiger partial charge < -0.3 is 20.5 Å². The Bertz CT molecular complexity index is 1570. The molecule has 45 heavy (non-hydrogen) atoms. The fourth-order valence-corrected chi connectivity index (χ4v) is 6.71. The van der Waals surface area contributed by atoms with Crippen LogP contribution in [0, 0.1) is 0 Å². The van der Waals surface area contributed by atoms with Crippen LogP contribution in [-0.4, -0.2) is 50.9 Å². The molecule has 1 amide bonds.